The van der Waals surface area contributed by atoms with Gasteiger partial charge in [-0.2, -0.15) is 0 Å². The Bertz CT molecular complexity index is 695. The van der Waals surface area contributed by atoms with E-state index in [-0.39, 0.29) is 0 Å². The largest absolute Gasteiger partial charge is 0.374 e. The Kier molecular flexibility index (Phi) is 7.39. The third-order valence-corrected chi connectivity index (χ3v) is 4.06. The average molecular weight is 346 g/mol. The number of hydrogen-bond acceptors (Lipinski definition) is 3. The molecule has 1 aromatic carbocycles. The highest BCUT2D eigenvalue weighted by Crippen LogP contribution is 2.35. The van der Waals surface area contributed by atoms with Crippen LogP contribution in [0.1, 0.15) is 26.3 Å². The van der Waals surface area contributed by atoms with Gasteiger partial charge in [0.15, 0.2) is 6.29 Å². The van der Waals surface area contributed by atoms with Gasteiger partial charge in [-0.1, -0.05) is 24.8 Å². The van der Waals surface area contributed by atoms with Crippen molar-refractivity contribution in [2.45, 2.75) is 31.3 Å². The van der Waals surface area contributed by atoms with Crippen LogP contribution in [-0.2, 0) is 9.53 Å². The van der Waals surface area contributed by atoms with Crippen LogP contribution in [0.15, 0.2) is 70.9 Å². The van der Waals surface area contributed by atoms with Gasteiger partial charge in [-0.25, -0.2) is 4.39 Å². The Morgan fingerprint density at radius 1 is 1.29 bits per heavy atom. The number of benzene rings is 1. The molecule has 4 heteroatoms. The maximum atomic E-state index is 13.7. The smallest absolute Gasteiger partial charge is 0.151 e. The van der Waals surface area contributed by atoms with Crippen molar-refractivity contribution in [3.63, 3.8) is 0 Å². The molecular formula is C20H23FO2S. The molecule has 0 aliphatic heterocycles. The Morgan fingerprint density at radius 2 is 1.88 bits per heavy atom. The predicted molar refractivity (Wildman–Crippen MR) is 101 cm³/mol. The first-order valence-corrected chi connectivity index (χ1v) is 7.96. The number of hydrogen-bond donors (Lipinski definition) is 1. The van der Waals surface area contributed by atoms with E-state index in [1.807, 2.05) is 38.1 Å². The molecular weight excluding hydrogens is 323 g/mol. The Hall–Kier alpha value is -1.91. The molecule has 1 aromatic rings. The molecule has 0 aliphatic carbocycles. The van der Waals surface area contributed by atoms with Crippen LogP contribution < -0.4 is 0 Å². The maximum Gasteiger partial charge on any atom is 0.151 e. The molecule has 0 aliphatic rings. The molecule has 0 amide bonds. The standard InChI is InChI=1S/C20H23FO2S/c1-6-14(12-16(21)7-2)18(13-22)19(20(3,4)23-5)15-8-10-17(24)11-9-15/h6-13,24H,2H2,1,3-5H3/b14-6+,16-12+,19-18+. The number of allylic oxidation sites excluding steroid dienone is 6. The Balaban J connectivity index is 3.75. The minimum Gasteiger partial charge on any atom is -0.374 e. The highest BCUT2D eigenvalue weighted by molar-refractivity contribution is 7.80. The van der Waals surface area contributed by atoms with E-state index >= 15 is 0 Å². The predicted octanol–water partition coefficient (Wildman–Crippen LogP) is 5.34. The fourth-order valence-corrected chi connectivity index (χ4v) is 2.50. The van der Waals surface area contributed by atoms with Crippen molar-refractivity contribution >= 4 is 24.5 Å². The quantitative estimate of drug-likeness (QED) is 0.312. The molecule has 0 bridgehead atoms. The van der Waals surface area contributed by atoms with Crippen LogP contribution >= 0.6 is 12.6 Å². The first-order valence-electron chi connectivity index (χ1n) is 7.51. The van der Waals surface area contributed by atoms with E-state index in [0.717, 1.165) is 22.8 Å². The number of carbonyl (C=O) groups is 1. The van der Waals surface area contributed by atoms with Gasteiger partial charge in [0, 0.05) is 23.2 Å². The van der Waals surface area contributed by atoms with E-state index in [0.29, 0.717) is 16.7 Å². The first kappa shape index (κ1) is 20.1. The molecule has 0 N–H and O–H groups in total. The van der Waals surface area contributed by atoms with Crippen molar-refractivity contribution in [3.05, 3.63) is 71.6 Å². The molecule has 0 unspecified atom stereocenters. The molecule has 128 valence electrons. The molecule has 0 saturated carbocycles. The van der Waals surface area contributed by atoms with Crippen LogP contribution in [0.25, 0.3) is 5.57 Å². The van der Waals surface area contributed by atoms with Gasteiger partial charge in [0.05, 0.1) is 5.60 Å². The summed E-state index contributed by atoms with van der Waals surface area (Å²) in [7, 11) is 1.57. The van der Waals surface area contributed by atoms with Crippen LogP contribution in [0.4, 0.5) is 4.39 Å². The lowest BCUT2D eigenvalue weighted by Gasteiger charge is -2.29. The highest BCUT2D eigenvalue weighted by Gasteiger charge is 2.28. The fourth-order valence-electron chi connectivity index (χ4n) is 2.35. The molecule has 0 atom stereocenters. The van der Waals surface area contributed by atoms with Gasteiger partial charge >= 0.3 is 0 Å². The van der Waals surface area contributed by atoms with Crippen molar-refractivity contribution in [1.82, 2.24) is 0 Å². The molecule has 0 fully saturated rings. The second-order valence-corrected chi connectivity index (χ2v) is 6.16. The van der Waals surface area contributed by atoms with E-state index < -0.39 is 11.4 Å². The number of carbonyl (C=O) groups excluding carboxylic acids is 1. The molecule has 0 heterocycles. The number of ether oxygens (including phenoxy) is 1. The van der Waals surface area contributed by atoms with E-state index in [4.69, 9.17) is 4.74 Å². The highest BCUT2D eigenvalue weighted by atomic mass is 32.1. The average Bonchev–Trinajstić information content (AvgIpc) is 2.58. The van der Waals surface area contributed by atoms with Gasteiger partial charge < -0.3 is 4.74 Å². The van der Waals surface area contributed by atoms with Crippen molar-refractivity contribution < 1.29 is 13.9 Å². The number of thiol groups is 1. The van der Waals surface area contributed by atoms with Gasteiger partial charge in [-0.05, 0) is 56.2 Å². The van der Waals surface area contributed by atoms with Crippen molar-refractivity contribution in [1.29, 1.82) is 0 Å². The number of rotatable bonds is 7. The van der Waals surface area contributed by atoms with E-state index in [2.05, 4.69) is 19.2 Å². The second-order valence-electron chi connectivity index (χ2n) is 5.65. The third kappa shape index (κ3) is 4.79. The van der Waals surface area contributed by atoms with E-state index in [1.54, 1.807) is 20.1 Å². The van der Waals surface area contributed by atoms with Gasteiger partial charge in [0.25, 0.3) is 0 Å². The summed E-state index contributed by atoms with van der Waals surface area (Å²) < 4.78 is 19.3. The molecule has 0 aromatic heterocycles. The first-order chi connectivity index (χ1) is 11.3. The minimum atomic E-state index is -0.749. The second kappa shape index (κ2) is 8.81. The van der Waals surface area contributed by atoms with E-state index in [1.165, 1.54) is 6.08 Å². The monoisotopic (exact) mass is 346 g/mol. The molecule has 1 rings (SSSR count). The molecule has 2 nitrogen and oxygen atoms in total. The van der Waals surface area contributed by atoms with Gasteiger partial charge in [-0.3, -0.25) is 4.79 Å². The summed E-state index contributed by atoms with van der Waals surface area (Å²) in [5.41, 5.74) is 1.58. The topological polar surface area (TPSA) is 26.3 Å². The van der Waals surface area contributed by atoms with Gasteiger partial charge in [-0.15, -0.1) is 12.6 Å². The maximum absolute atomic E-state index is 13.7. The number of aldehydes is 1. The summed E-state index contributed by atoms with van der Waals surface area (Å²) in [5.74, 6) is -0.511. The summed E-state index contributed by atoms with van der Waals surface area (Å²) in [4.78, 5) is 12.7. The molecule has 0 radical (unpaired) electrons. The van der Waals surface area contributed by atoms with Crippen molar-refractivity contribution in [2.24, 2.45) is 0 Å². The zero-order chi connectivity index (χ0) is 18.3. The normalized spacial score (nSPS) is 14.2. The van der Waals surface area contributed by atoms with Crippen LogP contribution in [0.3, 0.4) is 0 Å². The number of methoxy groups -OCH3 is 1. The van der Waals surface area contributed by atoms with Crippen molar-refractivity contribution in [2.75, 3.05) is 7.11 Å². The minimum absolute atomic E-state index is 0.369. The molecule has 0 spiro atoms. The zero-order valence-corrected chi connectivity index (χ0v) is 15.4. The Morgan fingerprint density at radius 3 is 2.29 bits per heavy atom. The zero-order valence-electron chi connectivity index (χ0n) is 14.5. The van der Waals surface area contributed by atoms with Crippen LogP contribution in [0, 0.1) is 0 Å². The number of halogens is 1. The summed E-state index contributed by atoms with van der Waals surface area (Å²) in [6.07, 6.45) is 4.80. The molecule has 24 heavy (non-hydrogen) atoms. The van der Waals surface area contributed by atoms with Crippen LogP contribution in [0.2, 0.25) is 0 Å². The van der Waals surface area contributed by atoms with Gasteiger partial charge in [0.2, 0.25) is 0 Å². The van der Waals surface area contributed by atoms with E-state index in [9.17, 15) is 9.18 Å². The Labute approximate surface area is 148 Å². The van der Waals surface area contributed by atoms with Crippen LogP contribution in [0.5, 0.6) is 0 Å². The van der Waals surface area contributed by atoms with Crippen LogP contribution in [-0.4, -0.2) is 19.0 Å². The lowest BCUT2D eigenvalue weighted by atomic mass is 9.84. The fraction of sp³-hybridized carbons (Fsp3) is 0.250. The summed E-state index contributed by atoms with van der Waals surface area (Å²) in [6.45, 7) is 8.88. The summed E-state index contributed by atoms with van der Waals surface area (Å²) in [6, 6.07) is 7.40. The SMILES string of the molecule is C=C\C(F)=C/C(=C\C)C(/C=O)=C(\c1ccc(S)cc1)C(C)(C)OC. The summed E-state index contributed by atoms with van der Waals surface area (Å²) in [5, 5.41) is 0. The van der Waals surface area contributed by atoms with Gasteiger partial charge in [0.1, 0.15) is 5.83 Å². The van der Waals surface area contributed by atoms with Crippen molar-refractivity contribution in [3.8, 4) is 0 Å². The lowest BCUT2D eigenvalue weighted by molar-refractivity contribution is -0.104. The summed E-state index contributed by atoms with van der Waals surface area (Å²) >= 11 is 4.29. The third-order valence-electron chi connectivity index (χ3n) is 3.77. The molecule has 0 saturated heterocycles. The lowest BCUT2D eigenvalue weighted by Crippen LogP contribution is -2.26.